The van der Waals surface area contributed by atoms with Gasteiger partial charge in [0.1, 0.15) is 0 Å². The number of carboxylic acids is 1. The van der Waals surface area contributed by atoms with Crippen molar-refractivity contribution >= 4 is 5.97 Å². The van der Waals surface area contributed by atoms with Crippen LogP contribution in [0, 0.1) is 5.92 Å². The van der Waals surface area contributed by atoms with Crippen molar-refractivity contribution in [3.05, 3.63) is 0 Å². The van der Waals surface area contributed by atoms with Crippen LogP contribution in [0.3, 0.4) is 0 Å². The minimum absolute atomic E-state index is 0.0760. The first-order chi connectivity index (χ1) is 5.85. The molecule has 4 heteroatoms. The summed E-state index contributed by atoms with van der Waals surface area (Å²) in [4.78, 5) is 10.4. The van der Waals surface area contributed by atoms with Gasteiger partial charge in [-0.2, -0.15) is 0 Å². The van der Waals surface area contributed by atoms with E-state index in [9.17, 15) is 4.79 Å². The highest BCUT2D eigenvalue weighted by atomic mass is 16.5. The van der Waals surface area contributed by atoms with Crippen LogP contribution in [-0.4, -0.2) is 29.8 Å². The smallest absolute Gasteiger partial charge is 0.303 e. The molecule has 0 bridgehead atoms. The van der Waals surface area contributed by atoms with Gasteiger partial charge in [0.05, 0.1) is 18.6 Å². The van der Waals surface area contributed by atoms with Crippen molar-refractivity contribution in [3.8, 4) is 0 Å². The molecular formula is C9H19NO3. The first-order valence-corrected chi connectivity index (χ1v) is 4.41. The van der Waals surface area contributed by atoms with Crippen LogP contribution in [0.1, 0.15) is 27.2 Å². The molecule has 0 radical (unpaired) electrons. The third-order valence-corrected chi connectivity index (χ3v) is 1.55. The minimum Gasteiger partial charge on any atom is -0.481 e. The van der Waals surface area contributed by atoms with Gasteiger partial charge in [-0.25, -0.2) is 0 Å². The largest absolute Gasteiger partial charge is 0.481 e. The number of rotatable bonds is 5. The Hall–Kier alpha value is -0.610. The zero-order chi connectivity index (χ0) is 10.5. The molecule has 0 aliphatic rings. The van der Waals surface area contributed by atoms with Gasteiger partial charge in [-0.05, 0) is 27.3 Å². The Morgan fingerprint density at radius 1 is 1.54 bits per heavy atom. The van der Waals surface area contributed by atoms with E-state index >= 15 is 0 Å². The summed E-state index contributed by atoms with van der Waals surface area (Å²) >= 11 is 0. The van der Waals surface area contributed by atoms with Crippen LogP contribution in [0.25, 0.3) is 0 Å². The minimum atomic E-state index is -0.826. The SMILES string of the molecule is CC(C)(C)OCC(CN)CC(=O)O. The van der Waals surface area contributed by atoms with Crippen molar-refractivity contribution in [2.75, 3.05) is 13.2 Å². The number of carbonyl (C=O) groups is 1. The second kappa shape index (κ2) is 5.19. The van der Waals surface area contributed by atoms with Crippen LogP contribution >= 0.6 is 0 Å². The topological polar surface area (TPSA) is 72.5 Å². The summed E-state index contributed by atoms with van der Waals surface area (Å²) in [5.41, 5.74) is 5.18. The van der Waals surface area contributed by atoms with Crippen LogP contribution in [0.5, 0.6) is 0 Å². The highest BCUT2D eigenvalue weighted by Gasteiger charge is 2.16. The molecule has 0 spiro atoms. The lowest BCUT2D eigenvalue weighted by atomic mass is 10.1. The lowest BCUT2D eigenvalue weighted by Crippen LogP contribution is -2.28. The molecular weight excluding hydrogens is 170 g/mol. The quantitative estimate of drug-likeness (QED) is 0.672. The van der Waals surface area contributed by atoms with E-state index in [2.05, 4.69) is 0 Å². The molecule has 0 fully saturated rings. The highest BCUT2D eigenvalue weighted by Crippen LogP contribution is 2.11. The van der Waals surface area contributed by atoms with Gasteiger partial charge in [-0.3, -0.25) is 4.79 Å². The molecule has 0 aromatic heterocycles. The predicted molar refractivity (Wildman–Crippen MR) is 50.5 cm³/mol. The average molecular weight is 189 g/mol. The van der Waals surface area contributed by atoms with Gasteiger partial charge >= 0.3 is 5.97 Å². The van der Waals surface area contributed by atoms with E-state index in [4.69, 9.17) is 15.6 Å². The Bertz CT molecular complexity index is 163. The van der Waals surface area contributed by atoms with Crippen molar-refractivity contribution in [3.63, 3.8) is 0 Å². The summed E-state index contributed by atoms with van der Waals surface area (Å²) in [6.07, 6.45) is 0.0760. The molecule has 4 nitrogen and oxygen atoms in total. The fourth-order valence-corrected chi connectivity index (χ4v) is 0.825. The lowest BCUT2D eigenvalue weighted by Gasteiger charge is -2.22. The zero-order valence-corrected chi connectivity index (χ0v) is 8.54. The number of aliphatic carboxylic acids is 1. The van der Waals surface area contributed by atoms with Crippen LogP contribution in [0.15, 0.2) is 0 Å². The van der Waals surface area contributed by atoms with E-state index in [1.807, 2.05) is 20.8 Å². The van der Waals surface area contributed by atoms with Crippen LogP contribution in [0.2, 0.25) is 0 Å². The van der Waals surface area contributed by atoms with E-state index in [0.717, 1.165) is 0 Å². The Morgan fingerprint density at radius 2 is 2.08 bits per heavy atom. The third kappa shape index (κ3) is 7.74. The Labute approximate surface area is 79.1 Å². The molecule has 78 valence electrons. The number of carboxylic acid groups (broad SMARTS) is 1. The number of nitrogens with two attached hydrogens (primary N) is 1. The van der Waals surface area contributed by atoms with Crippen LogP contribution in [-0.2, 0) is 9.53 Å². The van der Waals surface area contributed by atoms with Gasteiger partial charge in [0, 0.05) is 5.92 Å². The molecule has 0 aliphatic heterocycles. The maximum Gasteiger partial charge on any atom is 0.303 e. The molecule has 0 amide bonds. The standard InChI is InChI=1S/C9H19NO3/c1-9(2,3)13-6-7(5-10)4-8(11)12/h7H,4-6,10H2,1-3H3,(H,11,12). The summed E-state index contributed by atoms with van der Waals surface area (Å²) in [5.74, 6) is -0.912. The molecule has 1 unspecified atom stereocenters. The average Bonchev–Trinajstić information content (AvgIpc) is 1.95. The first-order valence-electron chi connectivity index (χ1n) is 4.41. The van der Waals surface area contributed by atoms with Crippen molar-refractivity contribution in [1.82, 2.24) is 0 Å². The fraction of sp³-hybridized carbons (Fsp3) is 0.889. The summed E-state index contributed by atoms with van der Waals surface area (Å²) in [5, 5.41) is 8.53. The van der Waals surface area contributed by atoms with Gasteiger partial charge in [0.15, 0.2) is 0 Å². The Kier molecular flexibility index (Phi) is 4.95. The monoisotopic (exact) mass is 189 g/mol. The Morgan fingerprint density at radius 3 is 2.38 bits per heavy atom. The molecule has 0 heterocycles. The zero-order valence-electron chi connectivity index (χ0n) is 8.54. The summed E-state index contributed by atoms with van der Waals surface area (Å²) in [6.45, 7) is 6.55. The second-order valence-electron chi connectivity index (χ2n) is 4.12. The second-order valence-corrected chi connectivity index (χ2v) is 4.12. The molecule has 13 heavy (non-hydrogen) atoms. The van der Waals surface area contributed by atoms with Crippen LogP contribution < -0.4 is 5.73 Å². The van der Waals surface area contributed by atoms with Crippen LogP contribution in [0.4, 0.5) is 0 Å². The first kappa shape index (κ1) is 12.4. The van der Waals surface area contributed by atoms with E-state index < -0.39 is 5.97 Å². The maximum absolute atomic E-state index is 10.4. The molecule has 0 aromatic carbocycles. The lowest BCUT2D eigenvalue weighted by molar-refractivity contribution is -0.139. The molecule has 0 saturated carbocycles. The number of ether oxygens (including phenoxy) is 1. The van der Waals surface area contributed by atoms with E-state index in [0.29, 0.717) is 13.2 Å². The van der Waals surface area contributed by atoms with Crippen molar-refractivity contribution in [2.45, 2.75) is 32.8 Å². The number of hydrogen-bond acceptors (Lipinski definition) is 3. The molecule has 3 N–H and O–H groups in total. The summed E-state index contributed by atoms with van der Waals surface area (Å²) < 4.78 is 5.44. The van der Waals surface area contributed by atoms with Gasteiger partial charge in [-0.1, -0.05) is 0 Å². The van der Waals surface area contributed by atoms with E-state index in [1.54, 1.807) is 0 Å². The molecule has 0 aromatic rings. The highest BCUT2D eigenvalue weighted by molar-refractivity contribution is 5.67. The molecule has 1 atom stereocenters. The molecule has 0 rings (SSSR count). The third-order valence-electron chi connectivity index (χ3n) is 1.55. The molecule has 0 saturated heterocycles. The molecule has 0 aliphatic carbocycles. The summed E-state index contributed by atoms with van der Waals surface area (Å²) in [6, 6.07) is 0. The van der Waals surface area contributed by atoms with Gasteiger partial charge in [0.2, 0.25) is 0 Å². The van der Waals surface area contributed by atoms with E-state index in [-0.39, 0.29) is 17.9 Å². The van der Waals surface area contributed by atoms with Gasteiger partial charge in [-0.15, -0.1) is 0 Å². The van der Waals surface area contributed by atoms with Crippen molar-refractivity contribution < 1.29 is 14.6 Å². The maximum atomic E-state index is 10.4. The summed E-state index contributed by atoms with van der Waals surface area (Å²) in [7, 11) is 0. The number of hydrogen-bond donors (Lipinski definition) is 2. The van der Waals surface area contributed by atoms with Gasteiger partial charge < -0.3 is 15.6 Å². The Balaban J connectivity index is 3.79. The normalized spacial score (nSPS) is 14.2. The van der Waals surface area contributed by atoms with Gasteiger partial charge in [0.25, 0.3) is 0 Å². The fourth-order valence-electron chi connectivity index (χ4n) is 0.825. The van der Waals surface area contributed by atoms with Crippen molar-refractivity contribution in [1.29, 1.82) is 0 Å². The van der Waals surface area contributed by atoms with E-state index in [1.165, 1.54) is 0 Å². The predicted octanol–water partition coefficient (Wildman–Crippen LogP) is 0.851. The van der Waals surface area contributed by atoms with Crippen molar-refractivity contribution in [2.24, 2.45) is 11.7 Å².